The van der Waals surface area contributed by atoms with E-state index in [0.29, 0.717) is 5.69 Å². The lowest BCUT2D eigenvalue weighted by molar-refractivity contribution is -0.129. The maximum Gasteiger partial charge on any atom is 0.422 e. The van der Waals surface area contributed by atoms with E-state index in [1.54, 1.807) is 37.3 Å². The first kappa shape index (κ1) is 13.3. The highest BCUT2D eigenvalue weighted by Gasteiger charge is 2.50. The summed E-state index contributed by atoms with van der Waals surface area (Å²) in [6.07, 6.45) is -0.281. The van der Waals surface area contributed by atoms with E-state index in [4.69, 9.17) is 4.74 Å². The zero-order valence-corrected chi connectivity index (χ0v) is 10.9. The molecule has 0 N–H and O–H groups in total. The normalized spacial score (nSPS) is 22.5. The molecule has 5 heteroatoms. The van der Waals surface area contributed by atoms with Gasteiger partial charge in [0.15, 0.2) is 5.60 Å². The number of benzene rings is 1. The number of amides is 2. The highest BCUT2D eigenvalue weighted by Crippen LogP contribution is 2.32. The molecule has 100 valence electrons. The minimum atomic E-state index is -1.25. The van der Waals surface area contributed by atoms with Crippen LogP contribution in [0.25, 0.3) is 0 Å². The van der Waals surface area contributed by atoms with Crippen LogP contribution in [0.4, 0.5) is 10.5 Å². The summed E-state index contributed by atoms with van der Waals surface area (Å²) in [6, 6.07) is 8.60. The van der Waals surface area contributed by atoms with Crippen LogP contribution in [0.5, 0.6) is 0 Å². The van der Waals surface area contributed by atoms with E-state index in [1.807, 2.05) is 0 Å². The van der Waals surface area contributed by atoms with Gasteiger partial charge in [-0.3, -0.25) is 4.79 Å². The van der Waals surface area contributed by atoms with Crippen molar-refractivity contribution in [3.05, 3.63) is 30.3 Å². The lowest BCUT2D eigenvalue weighted by atomic mass is 9.98. The molecule has 1 aromatic carbocycles. The van der Waals surface area contributed by atoms with Gasteiger partial charge in [0, 0.05) is 12.8 Å². The van der Waals surface area contributed by atoms with Gasteiger partial charge in [0.05, 0.1) is 5.69 Å². The Bertz CT molecular complexity index is 526. The Labute approximate surface area is 111 Å². The zero-order valence-electron chi connectivity index (χ0n) is 10.9. The number of nitrogens with zero attached hydrogens (tertiary/aromatic N) is 1. The molecule has 1 atom stereocenters. The minimum absolute atomic E-state index is 0.0387. The zero-order chi connectivity index (χ0) is 14.0. The van der Waals surface area contributed by atoms with Gasteiger partial charge in [0.2, 0.25) is 0 Å². The van der Waals surface area contributed by atoms with E-state index in [1.165, 1.54) is 6.92 Å². The van der Waals surface area contributed by atoms with Gasteiger partial charge in [-0.15, -0.1) is 0 Å². The summed E-state index contributed by atoms with van der Waals surface area (Å²) >= 11 is 0. The maximum atomic E-state index is 12.3. The second kappa shape index (κ2) is 4.84. The molecule has 1 fully saturated rings. The quantitative estimate of drug-likeness (QED) is 0.834. The average molecular weight is 261 g/mol. The molecule has 1 aliphatic rings. The Morgan fingerprint density at radius 3 is 2.47 bits per heavy atom. The Hall–Kier alpha value is -2.17. The third-order valence-electron chi connectivity index (χ3n) is 3.12. The largest absolute Gasteiger partial charge is 0.432 e. The van der Waals surface area contributed by atoms with Crippen LogP contribution in [0.3, 0.4) is 0 Å². The van der Waals surface area contributed by atoms with E-state index < -0.39 is 17.6 Å². The molecule has 1 unspecified atom stereocenters. The highest BCUT2D eigenvalue weighted by atomic mass is 16.6. The van der Waals surface area contributed by atoms with Crippen LogP contribution in [0, 0.1) is 0 Å². The monoisotopic (exact) mass is 261 g/mol. The topological polar surface area (TPSA) is 63.7 Å². The van der Waals surface area contributed by atoms with Crippen LogP contribution in [-0.2, 0) is 14.3 Å². The molecule has 1 aliphatic heterocycles. The van der Waals surface area contributed by atoms with Gasteiger partial charge in [0.1, 0.15) is 5.78 Å². The fourth-order valence-electron chi connectivity index (χ4n) is 1.97. The van der Waals surface area contributed by atoms with E-state index in [2.05, 4.69) is 0 Å². The van der Waals surface area contributed by atoms with Crippen molar-refractivity contribution in [3.8, 4) is 0 Å². The van der Waals surface area contributed by atoms with E-state index in [9.17, 15) is 14.4 Å². The number of anilines is 1. The van der Waals surface area contributed by atoms with Crippen LogP contribution < -0.4 is 4.90 Å². The number of carbonyl (C=O) groups excluding carboxylic acids is 3. The summed E-state index contributed by atoms with van der Waals surface area (Å²) in [6.45, 7) is 2.98. The number of carbonyl (C=O) groups is 3. The predicted octanol–water partition coefficient (Wildman–Crippen LogP) is 2.30. The minimum Gasteiger partial charge on any atom is -0.432 e. The summed E-state index contributed by atoms with van der Waals surface area (Å²) in [4.78, 5) is 36.2. The molecule has 0 aromatic heterocycles. The third kappa shape index (κ3) is 2.50. The number of imide groups is 1. The van der Waals surface area contributed by atoms with Crippen LogP contribution in [0.1, 0.15) is 26.7 Å². The van der Waals surface area contributed by atoms with E-state index >= 15 is 0 Å². The van der Waals surface area contributed by atoms with Crippen molar-refractivity contribution in [1.82, 2.24) is 0 Å². The first-order valence-corrected chi connectivity index (χ1v) is 6.06. The second-order valence-electron chi connectivity index (χ2n) is 4.78. The maximum absolute atomic E-state index is 12.3. The van der Waals surface area contributed by atoms with Gasteiger partial charge < -0.3 is 9.53 Å². The van der Waals surface area contributed by atoms with Crippen molar-refractivity contribution in [2.45, 2.75) is 32.3 Å². The molecule has 0 saturated carbocycles. The molecular formula is C14H15NO4. The van der Waals surface area contributed by atoms with E-state index in [0.717, 1.165) is 4.90 Å². The molecule has 2 amide bonds. The number of ether oxygens (including phenoxy) is 1. The fourth-order valence-corrected chi connectivity index (χ4v) is 1.97. The molecule has 0 spiro atoms. The number of cyclic esters (lactones) is 1. The molecule has 0 bridgehead atoms. The molecule has 2 rings (SSSR count). The lowest BCUT2D eigenvalue weighted by Gasteiger charge is -2.18. The number of hydrogen-bond acceptors (Lipinski definition) is 4. The average Bonchev–Trinajstić information content (AvgIpc) is 2.59. The smallest absolute Gasteiger partial charge is 0.422 e. The van der Waals surface area contributed by atoms with Gasteiger partial charge in [-0.25, -0.2) is 9.69 Å². The number of Topliss-reactive ketones (excluding diaryl/α,β-unsaturated/α-hetero) is 1. The summed E-state index contributed by atoms with van der Waals surface area (Å²) in [5.41, 5.74) is -0.775. The number of hydrogen-bond donors (Lipinski definition) is 0. The summed E-state index contributed by atoms with van der Waals surface area (Å²) in [5.74, 6) is -0.465. The van der Waals surface area contributed by atoms with Gasteiger partial charge >= 0.3 is 6.09 Å². The van der Waals surface area contributed by atoms with E-state index in [-0.39, 0.29) is 18.6 Å². The van der Waals surface area contributed by atoms with Crippen molar-refractivity contribution in [1.29, 1.82) is 0 Å². The standard InChI is InChI=1S/C14H15NO4/c1-10(16)8-9-14(2)12(17)15(13(18)19-14)11-6-4-3-5-7-11/h3-7H,8-9H2,1-2H3. The Balaban J connectivity index is 2.23. The summed E-state index contributed by atoms with van der Waals surface area (Å²) < 4.78 is 5.16. The van der Waals surface area contributed by atoms with Crippen LogP contribution in [0.2, 0.25) is 0 Å². The number of rotatable bonds is 4. The molecular weight excluding hydrogens is 246 g/mol. The molecule has 1 aromatic rings. The van der Waals surface area contributed by atoms with Gasteiger partial charge in [-0.05, 0) is 26.0 Å². The Kier molecular flexibility index (Phi) is 3.38. The van der Waals surface area contributed by atoms with Crippen molar-refractivity contribution in [2.75, 3.05) is 4.90 Å². The first-order valence-electron chi connectivity index (χ1n) is 6.06. The van der Waals surface area contributed by atoms with Crippen molar-refractivity contribution in [2.24, 2.45) is 0 Å². The van der Waals surface area contributed by atoms with Crippen LogP contribution in [0.15, 0.2) is 30.3 Å². The van der Waals surface area contributed by atoms with Crippen molar-refractivity contribution >= 4 is 23.5 Å². The van der Waals surface area contributed by atoms with Gasteiger partial charge in [-0.1, -0.05) is 18.2 Å². The number of ketones is 1. The van der Waals surface area contributed by atoms with Crippen molar-refractivity contribution < 1.29 is 19.1 Å². The molecule has 19 heavy (non-hydrogen) atoms. The SMILES string of the molecule is CC(=O)CCC1(C)OC(=O)N(c2ccccc2)C1=O. The predicted molar refractivity (Wildman–Crippen MR) is 68.7 cm³/mol. The Morgan fingerprint density at radius 2 is 1.89 bits per heavy atom. The van der Waals surface area contributed by atoms with Gasteiger partial charge in [-0.2, -0.15) is 0 Å². The number of para-hydroxylation sites is 1. The fraction of sp³-hybridized carbons (Fsp3) is 0.357. The summed E-state index contributed by atoms with van der Waals surface area (Å²) in [7, 11) is 0. The van der Waals surface area contributed by atoms with Crippen LogP contribution >= 0.6 is 0 Å². The van der Waals surface area contributed by atoms with Crippen LogP contribution in [-0.4, -0.2) is 23.4 Å². The Morgan fingerprint density at radius 1 is 1.26 bits per heavy atom. The van der Waals surface area contributed by atoms with Gasteiger partial charge in [0.25, 0.3) is 5.91 Å². The first-order chi connectivity index (χ1) is 8.94. The third-order valence-corrected chi connectivity index (χ3v) is 3.12. The lowest BCUT2D eigenvalue weighted by Crippen LogP contribution is -2.39. The van der Waals surface area contributed by atoms with Crippen molar-refractivity contribution in [3.63, 3.8) is 0 Å². The molecule has 0 radical (unpaired) electrons. The summed E-state index contributed by atoms with van der Waals surface area (Å²) in [5, 5.41) is 0. The molecule has 1 saturated heterocycles. The highest BCUT2D eigenvalue weighted by molar-refractivity contribution is 6.19. The molecule has 1 heterocycles. The second-order valence-corrected chi connectivity index (χ2v) is 4.78. The molecule has 0 aliphatic carbocycles. The molecule has 5 nitrogen and oxygen atoms in total.